The first-order valence-electron chi connectivity index (χ1n) is 7.46. The first-order valence-corrected chi connectivity index (χ1v) is 7.46. The average Bonchev–Trinajstić information content (AvgIpc) is 3.14. The van der Waals surface area contributed by atoms with Crippen molar-refractivity contribution in [3.63, 3.8) is 0 Å². The summed E-state index contributed by atoms with van der Waals surface area (Å²) in [5.74, 6) is -1.25. The molecule has 130 valence electrons. The second-order valence-electron chi connectivity index (χ2n) is 5.23. The highest BCUT2D eigenvalue weighted by molar-refractivity contribution is 6.11. The van der Waals surface area contributed by atoms with E-state index in [-0.39, 0.29) is 39.7 Å². The van der Waals surface area contributed by atoms with E-state index < -0.39 is 11.7 Å². The lowest BCUT2D eigenvalue weighted by atomic mass is 9.92. The SMILES string of the molecule is COc1ccc(F)cc1-c1c(C#N)ccc(O)c1C(=O)Nc1ncc[nH]1. The molecule has 7 nitrogen and oxygen atoms in total. The Morgan fingerprint density at radius 3 is 2.85 bits per heavy atom. The number of H-pyrrole nitrogens is 1. The van der Waals surface area contributed by atoms with Crippen molar-refractivity contribution in [3.8, 4) is 28.7 Å². The average molecular weight is 352 g/mol. The van der Waals surface area contributed by atoms with Crippen LogP contribution in [0.2, 0.25) is 0 Å². The number of aromatic nitrogens is 2. The molecule has 0 fully saturated rings. The van der Waals surface area contributed by atoms with E-state index in [9.17, 15) is 19.6 Å². The van der Waals surface area contributed by atoms with Crippen molar-refractivity contribution in [2.24, 2.45) is 0 Å². The molecule has 0 saturated heterocycles. The van der Waals surface area contributed by atoms with Gasteiger partial charge in [0.2, 0.25) is 5.95 Å². The number of rotatable bonds is 4. The third-order valence-corrected chi connectivity index (χ3v) is 3.69. The summed E-state index contributed by atoms with van der Waals surface area (Å²) in [7, 11) is 1.38. The number of ether oxygens (including phenoxy) is 1. The van der Waals surface area contributed by atoms with Gasteiger partial charge in [-0.3, -0.25) is 10.1 Å². The van der Waals surface area contributed by atoms with Crippen LogP contribution in [0, 0.1) is 17.1 Å². The fourth-order valence-corrected chi connectivity index (χ4v) is 2.57. The minimum atomic E-state index is -0.712. The van der Waals surface area contributed by atoms with Gasteiger partial charge in [0, 0.05) is 23.5 Å². The number of anilines is 1. The first kappa shape index (κ1) is 17.0. The number of carbonyl (C=O) groups is 1. The van der Waals surface area contributed by atoms with Crippen LogP contribution in [0.25, 0.3) is 11.1 Å². The van der Waals surface area contributed by atoms with Gasteiger partial charge in [0.15, 0.2) is 0 Å². The number of imidazole rings is 1. The molecule has 3 aromatic rings. The molecule has 0 aliphatic carbocycles. The van der Waals surface area contributed by atoms with Crippen LogP contribution in [0.15, 0.2) is 42.7 Å². The first-order chi connectivity index (χ1) is 12.5. The molecule has 0 bridgehead atoms. The van der Waals surface area contributed by atoms with Gasteiger partial charge in [-0.2, -0.15) is 5.26 Å². The van der Waals surface area contributed by atoms with E-state index in [0.29, 0.717) is 0 Å². The Morgan fingerprint density at radius 2 is 2.19 bits per heavy atom. The quantitative estimate of drug-likeness (QED) is 0.668. The van der Waals surface area contributed by atoms with Crippen molar-refractivity contribution < 1.29 is 19.0 Å². The maximum absolute atomic E-state index is 13.8. The number of amides is 1. The molecule has 1 amide bonds. The predicted octanol–water partition coefficient (Wildman–Crippen LogP) is 3.05. The van der Waals surface area contributed by atoms with Gasteiger partial charge in [-0.15, -0.1) is 0 Å². The number of nitrogens with zero attached hydrogens (tertiary/aromatic N) is 2. The van der Waals surface area contributed by atoms with Gasteiger partial charge in [0.1, 0.15) is 17.3 Å². The van der Waals surface area contributed by atoms with Crippen molar-refractivity contribution in [1.29, 1.82) is 5.26 Å². The molecule has 0 aliphatic heterocycles. The summed E-state index contributed by atoms with van der Waals surface area (Å²) in [5, 5.41) is 22.2. The van der Waals surface area contributed by atoms with Crippen molar-refractivity contribution in [3.05, 3.63) is 59.7 Å². The molecule has 26 heavy (non-hydrogen) atoms. The molecule has 0 saturated carbocycles. The van der Waals surface area contributed by atoms with E-state index in [1.807, 2.05) is 6.07 Å². The van der Waals surface area contributed by atoms with Crippen molar-refractivity contribution in [1.82, 2.24) is 9.97 Å². The Kier molecular flexibility index (Phi) is 4.53. The molecule has 0 atom stereocenters. The number of nitrogens with one attached hydrogen (secondary N) is 2. The largest absolute Gasteiger partial charge is 0.507 e. The number of benzene rings is 2. The topological polar surface area (TPSA) is 111 Å². The Morgan fingerprint density at radius 1 is 1.38 bits per heavy atom. The zero-order valence-corrected chi connectivity index (χ0v) is 13.6. The number of aromatic hydroxyl groups is 1. The number of phenols is 1. The molecular formula is C18H13FN4O3. The van der Waals surface area contributed by atoms with Crippen LogP contribution in [0.5, 0.6) is 11.5 Å². The van der Waals surface area contributed by atoms with Crippen LogP contribution in [0.1, 0.15) is 15.9 Å². The van der Waals surface area contributed by atoms with E-state index in [1.54, 1.807) is 0 Å². The van der Waals surface area contributed by atoms with Gasteiger partial charge in [-0.05, 0) is 30.3 Å². The Bertz CT molecular complexity index is 1010. The van der Waals surface area contributed by atoms with Crippen LogP contribution in [0.3, 0.4) is 0 Å². The molecule has 0 spiro atoms. The molecule has 1 aromatic heterocycles. The number of nitriles is 1. The predicted molar refractivity (Wildman–Crippen MR) is 91.3 cm³/mol. The number of carbonyl (C=O) groups excluding carboxylic acids is 1. The van der Waals surface area contributed by atoms with Gasteiger partial charge >= 0.3 is 0 Å². The van der Waals surface area contributed by atoms with Gasteiger partial charge < -0.3 is 14.8 Å². The summed E-state index contributed by atoms with van der Waals surface area (Å²) in [6.45, 7) is 0. The maximum Gasteiger partial charge on any atom is 0.262 e. The van der Waals surface area contributed by atoms with Gasteiger partial charge in [-0.25, -0.2) is 9.37 Å². The second-order valence-corrected chi connectivity index (χ2v) is 5.23. The van der Waals surface area contributed by atoms with Gasteiger partial charge in [0.25, 0.3) is 5.91 Å². The van der Waals surface area contributed by atoms with Crippen LogP contribution in [0.4, 0.5) is 10.3 Å². The van der Waals surface area contributed by atoms with Crippen molar-refractivity contribution in [2.45, 2.75) is 0 Å². The molecular weight excluding hydrogens is 339 g/mol. The molecule has 3 rings (SSSR count). The van der Waals surface area contributed by atoms with Gasteiger partial charge in [0.05, 0.1) is 24.3 Å². The molecule has 3 N–H and O–H groups in total. The van der Waals surface area contributed by atoms with E-state index >= 15 is 0 Å². The number of hydrogen-bond acceptors (Lipinski definition) is 5. The molecule has 0 radical (unpaired) electrons. The minimum Gasteiger partial charge on any atom is -0.507 e. The second kappa shape index (κ2) is 6.94. The number of halogens is 1. The number of aromatic amines is 1. The molecule has 8 heteroatoms. The molecule has 2 aromatic carbocycles. The zero-order chi connectivity index (χ0) is 18.7. The fourth-order valence-electron chi connectivity index (χ4n) is 2.57. The van der Waals surface area contributed by atoms with E-state index in [0.717, 1.165) is 6.07 Å². The van der Waals surface area contributed by atoms with E-state index in [1.165, 1.54) is 43.8 Å². The molecule has 0 unspecified atom stereocenters. The van der Waals surface area contributed by atoms with Crippen LogP contribution in [-0.4, -0.2) is 28.1 Å². The summed E-state index contributed by atoms with van der Waals surface area (Å²) >= 11 is 0. The number of methoxy groups -OCH3 is 1. The van der Waals surface area contributed by atoms with E-state index in [2.05, 4.69) is 15.3 Å². The smallest absolute Gasteiger partial charge is 0.262 e. The van der Waals surface area contributed by atoms with Crippen LogP contribution in [-0.2, 0) is 0 Å². The third kappa shape index (κ3) is 3.06. The summed E-state index contributed by atoms with van der Waals surface area (Å²) in [6, 6.07) is 8.24. The maximum atomic E-state index is 13.8. The lowest BCUT2D eigenvalue weighted by Crippen LogP contribution is -2.15. The Balaban J connectivity index is 2.24. The third-order valence-electron chi connectivity index (χ3n) is 3.69. The van der Waals surface area contributed by atoms with Crippen LogP contribution >= 0.6 is 0 Å². The lowest BCUT2D eigenvalue weighted by Gasteiger charge is -2.15. The zero-order valence-electron chi connectivity index (χ0n) is 13.6. The van der Waals surface area contributed by atoms with E-state index in [4.69, 9.17) is 4.74 Å². The van der Waals surface area contributed by atoms with Crippen molar-refractivity contribution >= 4 is 11.9 Å². The monoisotopic (exact) mass is 352 g/mol. The highest BCUT2D eigenvalue weighted by atomic mass is 19.1. The number of hydrogen-bond donors (Lipinski definition) is 3. The van der Waals surface area contributed by atoms with Crippen LogP contribution < -0.4 is 10.1 Å². The summed E-state index contributed by atoms with van der Waals surface area (Å²) < 4.78 is 19.1. The van der Waals surface area contributed by atoms with Crippen molar-refractivity contribution in [2.75, 3.05) is 12.4 Å². The fraction of sp³-hybridized carbons (Fsp3) is 0.0556. The lowest BCUT2D eigenvalue weighted by molar-refractivity contribution is 0.102. The highest BCUT2D eigenvalue weighted by Crippen LogP contribution is 2.39. The Labute approximate surface area is 147 Å². The summed E-state index contributed by atoms with van der Waals surface area (Å²) in [4.78, 5) is 19.3. The highest BCUT2D eigenvalue weighted by Gasteiger charge is 2.24. The summed E-state index contributed by atoms with van der Waals surface area (Å²) in [6.07, 6.45) is 2.95. The normalized spacial score (nSPS) is 10.2. The molecule has 0 aliphatic rings. The Hall–Kier alpha value is -3.86. The number of phenolic OH excluding ortho intramolecular Hbond substituents is 1. The standard InChI is InChI=1S/C18H13FN4O3/c1-26-14-5-3-11(19)8-12(14)15-10(9-20)2-4-13(24)16(15)17(25)23-18-21-6-7-22-18/h2-8,24H,1H3,(H2,21,22,23,25). The molecule has 1 heterocycles. The van der Waals surface area contributed by atoms with Gasteiger partial charge in [-0.1, -0.05) is 0 Å². The minimum absolute atomic E-state index is 0.0629. The summed E-state index contributed by atoms with van der Waals surface area (Å²) in [5.41, 5.74) is 0.123.